The number of pyridine rings is 1. The fraction of sp³-hybridized carbons (Fsp3) is 0.400. The fourth-order valence-electron chi connectivity index (χ4n) is 3.01. The Kier molecular flexibility index (Phi) is 5.61. The van der Waals surface area contributed by atoms with Crippen molar-refractivity contribution in [3.05, 3.63) is 47.8 Å². The van der Waals surface area contributed by atoms with Crippen LogP contribution in [0.4, 0.5) is 0 Å². The van der Waals surface area contributed by atoms with Crippen molar-refractivity contribution in [2.45, 2.75) is 31.8 Å². The number of nitrogens with zero attached hydrogens (tertiary/aromatic N) is 2. The molecule has 0 N–H and O–H groups in total. The van der Waals surface area contributed by atoms with Crippen molar-refractivity contribution in [1.82, 2.24) is 9.88 Å². The molecule has 1 aromatic carbocycles. The van der Waals surface area contributed by atoms with E-state index in [4.69, 9.17) is 14.2 Å². The van der Waals surface area contributed by atoms with Crippen LogP contribution >= 0.6 is 0 Å². The van der Waals surface area contributed by atoms with Gasteiger partial charge < -0.3 is 19.1 Å². The van der Waals surface area contributed by atoms with E-state index >= 15 is 0 Å². The Balaban J connectivity index is 1.79. The van der Waals surface area contributed by atoms with Gasteiger partial charge in [0, 0.05) is 25.0 Å². The first-order chi connectivity index (χ1) is 12.7. The number of hydrogen-bond acceptors (Lipinski definition) is 5. The average Bonchev–Trinajstić information content (AvgIpc) is 3.51. The summed E-state index contributed by atoms with van der Waals surface area (Å²) in [6.07, 6.45) is 5.92. The molecule has 1 heterocycles. The maximum absolute atomic E-state index is 12.9. The van der Waals surface area contributed by atoms with Crippen LogP contribution in [0.3, 0.4) is 0 Å². The maximum Gasteiger partial charge on any atom is 0.227 e. The first kappa shape index (κ1) is 18.0. The molecule has 0 saturated heterocycles. The second-order valence-electron chi connectivity index (χ2n) is 6.32. The monoisotopic (exact) mass is 356 g/mol. The molecule has 1 aromatic heterocycles. The van der Waals surface area contributed by atoms with Crippen molar-refractivity contribution in [2.24, 2.45) is 0 Å². The highest BCUT2D eigenvalue weighted by atomic mass is 16.5. The number of amides is 1. The lowest BCUT2D eigenvalue weighted by Crippen LogP contribution is -2.33. The van der Waals surface area contributed by atoms with E-state index in [0.717, 1.165) is 24.0 Å². The molecule has 0 spiro atoms. The zero-order valence-corrected chi connectivity index (χ0v) is 15.4. The number of hydrogen-bond donors (Lipinski definition) is 0. The number of benzene rings is 1. The third-order valence-electron chi connectivity index (χ3n) is 4.49. The lowest BCUT2D eigenvalue weighted by molar-refractivity contribution is -0.131. The van der Waals surface area contributed by atoms with E-state index in [1.807, 2.05) is 29.2 Å². The summed E-state index contributed by atoms with van der Waals surface area (Å²) >= 11 is 0. The number of carbonyl (C=O) groups excluding carboxylic acids is 1. The van der Waals surface area contributed by atoms with Crippen LogP contribution in [0.25, 0.3) is 0 Å². The molecule has 2 aromatic rings. The second-order valence-corrected chi connectivity index (χ2v) is 6.32. The lowest BCUT2D eigenvalue weighted by atomic mass is 10.1. The summed E-state index contributed by atoms with van der Waals surface area (Å²) < 4.78 is 16.1. The number of aromatic nitrogens is 1. The van der Waals surface area contributed by atoms with Crippen LogP contribution < -0.4 is 14.2 Å². The second kappa shape index (κ2) is 8.08. The van der Waals surface area contributed by atoms with Crippen molar-refractivity contribution < 1.29 is 19.0 Å². The van der Waals surface area contributed by atoms with Gasteiger partial charge in [-0.3, -0.25) is 9.78 Å². The van der Waals surface area contributed by atoms with Gasteiger partial charge in [0.05, 0.1) is 27.8 Å². The minimum Gasteiger partial charge on any atom is -0.493 e. The number of ether oxygens (including phenoxy) is 3. The third kappa shape index (κ3) is 4.07. The maximum atomic E-state index is 12.9. The van der Waals surface area contributed by atoms with Gasteiger partial charge in [-0.25, -0.2) is 0 Å². The summed E-state index contributed by atoms with van der Waals surface area (Å²) in [5, 5.41) is 0. The van der Waals surface area contributed by atoms with E-state index < -0.39 is 0 Å². The minimum absolute atomic E-state index is 0.0959. The van der Waals surface area contributed by atoms with Crippen LogP contribution in [-0.2, 0) is 17.8 Å². The molecule has 6 heteroatoms. The molecule has 3 rings (SSSR count). The summed E-state index contributed by atoms with van der Waals surface area (Å²) in [5.41, 5.74) is 1.93. The first-order valence-electron chi connectivity index (χ1n) is 8.63. The molecule has 1 aliphatic rings. The topological polar surface area (TPSA) is 60.9 Å². The molecule has 1 aliphatic carbocycles. The molecule has 0 bridgehead atoms. The van der Waals surface area contributed by atoms with Crippen molar-refractivity contribution in [3.8, 4) is 17.2 Å². The average molecular weight is 356 g/mol. The van der Waals surface area contributed by atoms with Crippen LogP contribution in [-0.4, -0.2) is 43.2 Å². The van der Waals surface area contributed by atoms with Crippen LogP contribution in [0.5, 0.6) is 17.2 Å². The Hall–Kier alpha value is -2.76. The molecular formula is C20H24N2O4. The Morgan fingerprint density at radius 3 is 2.15 bits per heavy atom. The molecule has 26 heavy (non-hydrogen) atoms. The summed E-state index contributed by atoms with van der Waals surface area (Å²) in [6.45, 7) is 0.608. The molecule has 1 saturated carbocycles. The van der Waals surface area contributed by atoms with Gasteiger partial charge in [-0.05, 0) is 48.2 Å². The largest absolute Gasteiger partial charge is 0.493 e. The standard InChI is InChI=1S/C20H24N2O4/c1-24-17-10-15(11-18(25-2)20(17)26-3)12-19(23)22(16-4-5-16)13-14-6-8-21-9-7-14/h6-11,16H,4-5,12-13H2,1-3H3. The fourth-order valence-corrected chi connectivity index (χ4v) is 3.01. The Bertz CT molecular complexity index is 735. The van der Waals surface area contributed by atoms with Gasteiger partial charge in [-0.2, -0.15) is 0 Å². The quantitative estimate of drug-likeness (QED) is 0.728. The summed E-state index contributed by atoms with van der Waals surface area (Å²) in [7, 11) is 4.71. The zero-order valence-electron chi connectivity index (χ0n) is 15.4. The van der Waals surface area contributed by atoms with E-state index in [9.17, 15) is 4.79 Å². The Labute approximate surface area is 153 Å². The number of carbonyl (C=O) groups is 1. The van der Waals surface area contributed by atoms with Gasteiger partial charge in [-0.15, -0.1) is 0 Å². The van der Waals surface area contributed by atoms with Gasteiger partial charge in [0.25, 0.3) is 0 Å². The van der Waals surface area contributed by atoms with Crippen LogP contribution in [0, 0.1) is 0 Å². The minimum atomic E-state index is 0.0959. The van der Waals surface area contributed by atoms with Crippen molar-refractivity contribution in [1.29, 1.82) is 0 Å². The third-order valence-corrected chi connectivity index (χ3v) is 4.49. The van der Waals surface area contributed by atoms with Gasteiger partial charge in [-0.1, -0.05) is 0 Å². The Morgan fingerprint density at radius 2 is 1.65 bits per heavy atom. The highest BCUT2D eigenvalue weighted by Crippen LogP contribution is 2.38. The molecular weight excluding hydrogens is 332 g/mol. The van der Waals surface area contributed by atoms with Gasteiger partial charge >= 0.3 is 0 Å². The molecule has 1 amide bonds. The predicted octanol–water partition coefficient (Wildman–Crippen LogP) is 2.84. The molecule has 0 radical (unpaired) electrons. The molecule has 1 fully saturated rings. The summed E-state index contributed by atoms with van der Waals surface area (Å²) in [6, 6.07) is 7.88. The van der Waals surface area contributed by atoms with Crippen molar-refractivity contribution in [2.75, 3.05) is 21.3 Å². The first-order valence-corrected chi connectivity index (χ1v) is 8.63. The number of methoxy groups -OCH3 is 3. The van der Waals surface area contributed by atoms with E-state index in [0.29, 0.717) is 29.8 Å². The summed E-state index contributed by atoms with van der Waals surface area (Å²) in [4.78, 5) is 18.9. The van der Waals surface area contributed by atoms with Gasteiger partial charge in [0.15, 0.2) is 11.5 Å². The van der Waals surface area contributed by atoms with E-state index in [-0.39, 0.29) is 12.3 Å². The highest BCUT2D eigenvalue weighted by molar-refractivity contribution is 5.80. The van der Waals surface area contributed by atoms with E-state index in [1.54, 1.807) is 33.7 Å². The Morgan fingerprint density at radius 1 is 1.04 bits per heavy atom. The molecule has 0 unspecified atom stereocenters. The molecule has 0 atom stereocenters. The van der Waals surface area contributed by atoms with E-state index in [2.05, 4.69) is 4.98 Å². The van der Waals surface area contributed by atoms with Crippen molar-refractivity contribution >= 4 is 5.91 Å². The van der Waals surface area contributed by atoms with Gasteiger partial charge in [0.2, 0.25) is 11.7 Å². The SMILES string of the molecule is COc1cc(CC(=O)N(Cc2ccncc2)C2CC2)cc(OC)c1OC. The summed E-state index contributed by atoms with van der Waals surface area (Å²) in [5.74, 6) is 1.74. The van der Waals surface area contributed by atoms with Gasteiger partial charge in [0.1, 0.15) is 0 Å². The molecule has 138 valence electrons. The van der Waals surface area contributed by atoms with Crippen LogP contribution in [0.15, 0.2) is 36.7 Å². The molecule has 0 aliphatic heterocycles. The normalized spacial score (nSPS) is 13.2. The van der Waals surface area contributed by atoms with Crippen LogP contribution in [0.2, 0.25) is 0 Å². The van der Waals surface area contributed by atoms with E-state index in [1.165, 1.54) is 0 Å². The predicted molar refractivity (Wildman–Crippen MR) is 97.6 cm³/mol. The molecule has 6 nitrogen and oxygen atoms in total. The smallest absolute Gasteiger partial charge is 0.227 e. The number of rotatable bonds is 8. The highest BCUT2D eigenvalue weighted by Gasteiger charge is 2.32. The van der Waals surface area contributed by atoms with Crippen molar-refractivity contribution in [3.63, 3.8) is 0 Å². The van der Waals surface area contributed by atoms with Crippen LogP contribution in [0.1, 0.15) is 24.0 Å². The lowest BCUT2D eigenvalue weighted by Gasteiger charge is -2.23. The zero-order chi connectivity index (χ0) is 18.5.